The Morgan fingerprint density at radius 3 is 2.17 bits per heavy atom. The number of carbonyl (C=O) groups excluding carboxylic acids is 1. The smallest absolute Gasteiger partial charge is 0.256 e. The number of rotatable bonds is 6. The van der Waals surface area contributed by atoms with E-state index in [2.05, 4.69) is 5.32 Å². The molecule has 24 heavy (non-hydrogen) atoms. The molecule has 4 N–H and O–H groups in total. The van der Waals surface area contributed by atoms with E-state index in [-0.39, 0.29) is 23.5 Å². The Hall–Kier alpha value is -2.92. The normalized spacial score (nSPS) is 12.9. The molecule has 124 valence electrons. The number of aliphatic hydroxyl groups excluding tert-OH is 2. The van der Waals surface area contributed by atoms with Crippen molar-refractivity contribution in [3.05, 3.63) is 83.1 Å². The second-order valence-corrected chi connectivity index (χ2v) is 5.27. The highest BCUT2D eigenvalue weighted by atomic mass is 16.3. The minimum Gasteiger partial charge on any atom is -0.511 e. The van der Waals surface area contributed by atoms with E-state index in [1.54, 1.807) is 54.6 Å². The Morgan fingerprint density at radius 1 is 1.08 bits per heavy atom. The van der Waals surface area contributed by atoms with Crippen LogP contribution in [0.4, 0.5) is 0 Å². The van der Waals surface area contributed by atoms with Gasteiger partial charge in [0.1, 0.15) is 11.3 Å². The third-order valence-electron chi connectivity index (χ3n) is 3.63. The molecule has 0 fully saturated rings. The Kier molecular flexibility index (Phi) is 5.87. The van der Waals surface area contributed by atoms with Gasteiger partial charge in [0.05, 0.1) is 11.8 Å². The molecule has 1 unspecified atom stereocenters. The summed E-state index contributed by atoms with van der Waals surface area (Å²) >= 11 is 0. The number of benzene rings is 2. The Morgan fingerprint density at radius 2 is 1.62 bits per heavy atom. The average Bonchev–Trinajstić information content (AvgIpc) is 2.63. The molecule has 2 rings (SSSR count). The van der Waals surface area contributed by atoms with Crippen LogP contribution in [-0.4, -0.2) is 28.9 Å². The molecular weight excluding hydrogens is 304 g/mol. The maximum Gasteiger partial charge on any atom is 0.256 e. The van der Waals surface area contributed by atoms with E-state index in [0.29, 0.717) is 11.1 Å². The summed E-state index contributed by atoms with van der Waals surface area (Å²) in [6.45, 7) is 0. The number of hydrogen-bond acceptors (Lipinski definition) is 4. The van der Waals surface area contributed by atoms with Gasteiger partial charge in [-0.3, -0.25) is 10.2 Å². The third-order valence-corrected chi connectivity index (χ3v) is 3.63. The van der Waals surface area contributed by atoms with Crippen molar-refractivity contribution in [1.82, 2.24) is 5.32 Å². The second-order valence-electron chi connectivity index (χ2n) is 5.27. The van der Waals surface area contributed by atoms with E-state index >= 15 is 0 Å². The standard InChI is InChI=1S/C19H20N2O3/c1-21-19(24)17(18(20)14-10-6-3-7-11-14)16(23)12-15(22)13-8-4-2-5-9-13/h2-11,15,20,22-23H,12H2,1H3,(H,21,24). The predicted octanol–water partition coefficient (Wildman–Crippen LogP) is 2.74. The summed E-state index contributed by atoms with van der Waals surface area (Å²) in [6.07, 6.45) is -1.11. The van der Waals surface area contributed by atoms with E-state index in [0.717, 1.165) is 0 Å². The van der Waals surface area contributed by atoms with Crippen LogP contribution in [0.5, 0.6) is 0 Å². The topological polar surface area (TPSA) is 93.4 Å². The predicted molar refractivity (Wildman–Crippen MR) is 93.0 cm³/mol. The molecule has 0 radical (unpaired) electrons. The maximum absolute atomic E-state index is 12.1. The molecule has 0 bridgehead atoms. The van der Waals surface area contributed by atoms with Crippen molar-refractivity contribution < 1.29 is 15.0 Å². The highest BCUT2D eigenvalue weighted by Crippen LogP contribution is 2.23. The Balaban J connectivity index is 2.33. The molecule has 0 saturated carbocycles. The lowest BCUT2D eigenvalue weighted by Crippen LogP contribution is -2.27. The number of likely N-dealkylation sites (N-methyl/N-ethyl adjacent to an activating group) is 1. The van der Waals surface area contributed by atoms with Crippen LogP contribution in [-0.2, 0) is 4.79 Å². The number of carbonyl (C=O) groups is 1. The van der Waals surface area contributed by atoms with Crippen molar-refractivity contribution >= 4 is 11.6 Å². The van der Waals surface area contributed by atoms with E-state index in [1.165, 1.54) is 7.05 Å². The van der Waals surface area contributed by atoms with E-state index in [9.17, 15) is 15.0 Å². The average molecular weight is 324 g/mol. The van der Waals surface area contributed by atoms with E-state index in [1.807, 2.05) is 6.07 Å². The summed E-state index contributed by atoms with van der Waals surface area (Å²) in [7, 11) is 1.43. The molecule has 1 atom stereocenters. The first-order chi connectivity index (χ1) is 11.5. The number of amides is 1. The van der Waals surface area contributed by atoms with Gasteiger partial charge >= 0.3 is 0 Å². The monoisotopic (exact) mass is 324 g/mol. The summed E-state index contributed by atoms with van der Waals surface area (Å²) in [5.74, 6) is -0.888. The SMILES string of the molecule is CNC(=O)C(C(=N)c1ccccc1)=C(O)CC(O)c1ccccc1. The van der Waals surface area contributed by atoms with Gasteiger partial charge in [0, 0.05) is 19.0 Å². The maximum atomic E-state index is 12.1. The van der Waals surface area contributed by atoms with Gasteiger partial charge < -0.3 is 15.5 Å². The fraction of sp³-hybridized carbons (Fsp3) is 0.158. The van der Waals surface area contributed by atoms with Gasteiger partial charge in [0.2, 0.25) is 0 Å². The van der Waals surface area contributed by atoms with Gasteiger partial charge in [-0.25, -0.2) is 0 Å². The summed E-state index contributed by atoms with van der Waals surface area (Å²) in [6, 6.07) is 17.5. The van der Waals surface area contributed by atoms with Crippen LogP contribution in [0, 0.1) is 5.41 Å². The molecule has 0 aliphatic carbocycles. The molecule has 0 saturated heterocycles. The van der Waals surface area contributed by atoms with Crippen molar-refractivity contribution in [2.75, 3.05) is 7.05 Å². The molecule has 0 heterocycles. The van der Waals surface area contributed by atoms with Crippen molar-refractivity contribution in [3.63, 3.8) is 0 Å². The highest BCUT2D eigenvalue weighted by Gasteiger charge is 2.22. The molecule has 5 nitrogen and oxygen atoms in total. The minimum absolute atomic E-state index is 0.0901. The van der Waals surface area contributed by atoms with E-state index < -0.39 is 12.0 Å². The van der Waals surface area contributed by atoms with Gasteiger partial charge in [-0.1, -0.05) is 60.7 Å². The summed E-state index contributed by atoms with van der Waals surface area (Å²) in [4.78, 5) is 12.1. The van der Waals surface area contributed by atoms with Crippen molar-refractivity contribution in [2.24, 2.45) is 0 Å². The Labute approximate surface area is 140 Å². The van der Waals surface area contributed by atoms with Gasteiger partial charge in [-0.05, 0) is 5.56 Å². The zero-order chi connectivity index (χ0) is 17.5. The second kappa shape index (κ2) is 8.08. The molecule has 1 amide bonds. The quantitative estimate of drug-likeness (QED) is 0.374. The van der Waals surface area contributed by atoms with Gasteiger partial charge in [0.25, 0.3) is 5.91 Å². The molecule has 0 aromatic heterocycles. The number of nitrogens with one attached hydrogen (secondary N) is 2. The first kappa shape index (κ1) is 17.4. The van der Waals surface area contributed by atoms with Crippen LogP contribution in [0.25, 0.3) is 0 Å². The van der Waals surface area contributed by atoms with Crippen molar-refractivity contribution in [2.45, 2.75) is 12.5 Å². The van der Waals surface area contributed by atoms with Gasteiger partial charge in [0.15, 0.2) is 0 Å². The first-order valence-electron chi connectivity index (χ1n) is 7.56. The van der Waals surface area contributed by atoms with Crippen molar-refractivity contribution in [1.29, 1.82) is 5.41 Å². The molecule has 0 aliphatic heterocycles. The molecule has 5 heteroatoms. The van der Waals surface area contributed by atoms with Gasteiger partial charge in [-0.15, -0.1) is 0 Å². The lowest BCUT2D eigenvalue weighted by molar-refractivity contribution is -0.116. The van der Waals surface area contributed by atoms with Crippen molar-refractivity contribution in [3.8, 4) is 0 Å². The third kappa shape index (κ3) is 4.08. The lowest BCUT2D eigenvalue weighted by Gasteiger charge is -2.15. The van der Waals surface area contributed by atoms with Crippen LogP contribution >= 0.6 is 0 Å². The van der Waals surface area contributed by atoms with Crippen LogP contribution < -0.4 is 5.32 Å². The summed E-state index contributed by atoms with van der Waals surface area (Å²) < 4.78 is 0. The van der Waals surface area contributed by atoms with Crippen LogP contribution in [0.15, 0.2) is 72.0 Å². The van der Waals surface area contributed by atoms with Crippen LogP contribution in [0.3, 0.4) is 0 Å². The highest BCUT2D eigenvalue weighted by molar-refractivity contribution is 6.27. The van der Waals surface area contributed by atoms with Gasteiger partial charge in [-0.2, -0.15) is 0 Å². The largest absolute Gasteiger partial charge is 0.511 e. The van der Waals surface area contributed by atoms with Crippen LogP contribution in [0.1, 0.15) is 23.7 Å². The first-order valence-corrected chi connectivity index (χ1v) is 7.56. The Bertz CT molecular complexity index is 740. The lowest BCUT2D eigenvalue weighted by atomic mass is 9.97. The molecular formula is C19H20N2O3. The van der Waals surface area contributed by atoms with E-state index in [4.69, 9.17) is 5.41 Å². The number of hydrogen-bond donors (Lipinski definition) is 4. The summed E-state index contributed by atoms with van der Waals surface area (Å²) in [5, 5.41) is 31.3. The zero-order valence-electron chi connectivity index (χ0n) is 13.4. The minimum atomic E-state index is -0.963. The number of aliphatic hydroxyl groups is 2. The molecule has 2 aromatic carbocycles. The zero-order valence-corrected chi connectivity index (χ0v) is 13.4. The fourth-order valence-electron chi connectivity index (χ4n) is 2.34. The molecule has 0 aliphatic rings. The fourth-order valence-corrected chi connectivity index (χ4v) is 2.34. The van der Waals surface area contributed by atoms with Crippen LogP contribution in [0.2, 0.25) is 0 Å². The molecule has 2 aromatic rings. The summed E-state index contributed by atoms with van der Waals surface area (Å²) in [5.41, 5.74) is 0.912. The molecule has 0 spiro atoms.